The average molecular weight is 389 g/mol. The monoisotopic (exact) mass is 388 g/mol. The molecule has 1 aliphatic heterocycles. The predicted octanol–water partition coefficient (Wildman–Crippen LogP) is 4.36. The third-order valence-electron chi connectivity index (χ3n) is 4.35. The van der Waals surface area contributed by atoms with Crippen LogP contribution in [0.4, 0.5) is 11.4 Å². The molecule has 0 amide bonds. The van der Waals surface area contributed by atoms with Crippen LogP contribution in [0.25, 0.3) is 0 Å². The molecule has 0 saturated carbocycles. The zero-order chi connectivity index (χ0) is 17.1. The molecule has 0 unspecified atom stereocenters. The first-order valence-electron chi connectivity index (χ1n) is 8.02. The number of halogens is 1. The summed E-state index contributed by atoms with van der Waals surface area (Å²) in [5.41, 5.74) is 4.92. The molecule has 0 bridgehead atoms. The van der Waals surface area contributed by atoms with Crippen molar-refractivity contribution >= 4 is 33.5 Å². The van der Waals surface area contributed by atoms with E-state index in [2.05, 4.69) is 38.0 Å². The SMILES string of the molecule is Cc1cc(C=Nc2ccc(N3CCOCC3)cc2)c(O)c(Br)c1C. The summed E-state index contributed by atoms with van der Waals surface area (Å²) in [4.78, 5) is 6.80. The van der Waals surface area contributed by atoms with Gasteiger partial charge in [-0.15, -0.1) is 0 Å². The first kappa shape index (κ1) is 17.0. The Kier molecular flexibility index (Phi) is 5.21. The van der Waals surface area contributed by atoms with Crippen molar-refractivity contribution < 1.29 is 9.84 Å². The van der Waals surface area contributed by atoms with Gasteiger partial charge in [0.25, 0.3) is 0 Å². The molecule has 1 fully saturated rings. The number of aryl methyl sites for hydroxylation is 1. The maximum atomic E-state index is 10.2. The lowest BCUT2D eigenvalue weighted by molar-refractivity contribution is 0.122. The van der Waals surface area contributed by atoms with Crippen LogP contribution in [-0.4, -0.2) is 37.6 Å². The number of phenolic OH excluding ortho intramolecular Hbond substituents is 1. The molecule has 0 aromatic heterocycles. The Morgan fingerprint density at radius 3 is 2.50 bits per heavy atom. The second-order valence-electron chi connectivity index (χ2n) is 5.94. The number of benzene rings is 2. The third-order valence-corrected chi connectivity index (χ3v) is 5.32. The molecule has 1 aliphatic rings. The lowest BCUT2D eigenvalue weighted by atomic mass is 10.1. The largest absolute Gasteiger partial charge is 0.506 e. The van der Waals surface area contributed by atoms with Crippen LogP contribution in [0.1, 0.15) is 16.7 Å². The topological polar surface area (TPSA) is 45.1 Å². The number of nitrogens with zero attached hydrogens (tertiary/aromatic N) is 2. The van der Waals surface area contributed by atoms with Gasteiger partial charge < -0.3 is 14.7 Å². The predicted molar refractivity (Wildman–Crippen MR) is 102 cm³/mol. The summed E-state index contributed by atoms with van der Waals surface area (Å²) >= 11 is 3.43. The van der Waals surface area contributed by atoms with Gasteiger partial charge in [0.2, 0.25) is 0 Å². The highest BCUT2D eigenvalue weighted by molar-refractivity contribution is 9.10. The Hall–Kier alpha value is -1.85. The summed E-state index contributed by atoms with van der Waals surface area (Å²) in [5, 5.41) is 10.2. The van der Waals surface area contributed by atoms with E-state index < -0.39 is 0 Å². The minimum absolute atomic E-state index is 0.229. The van der Waals surface area contributed by atoms with Crippen LogP contribution in [0.3, 0.4) is 0 Å². The van der Waals surface area contributed by atoms with Crippen molar-refractivity contribution in [1.82, 2.24) is 0 Å². The van der Waals surface area contributed by atoms with E-state index in [4.69, 9.17) is 4.74 Å². The average Bonchev–Trinajstić information content (AvgIpc) is 2.63. The van der Waals surface area contributed by atoms with E-state index in [-0.39, 0.29) is 5.75 Å². The minimum atomic E-state index is 0.229. The summed E-state index contributed by atoms with van der Waals surface area (Å²) in [5.74, 6) is 0.229. The lowest BCUT2D eigenvalue weighted by Gasteiger charge is -2.28. The van der Waals surface area contributed by atoms with Gasteiger partial charge in [0.05, 0.1) is 23.4 Å². The van der Waals surface area contributed by atoms with Crippen LogP contribution in [0, 0.1) is 13.8 Å². The smallest absolute Gasteiger partial charge is 0.138 e. The van der Waals surface area contributed by atoms with Gasteiger partial charge in [0.1, 0.15) is 5.75 Å². The van der Waals surface area contributed by atoms with E-state index in [1.165, 1.54) is 5.69 Å². The normalized spacial score (nSPS) is 15.2. The fourth-order valence-electron chi connectivity index (χ4n) is 2.70. The van der Waals surface area contributed by atoms with E-state index in [1.54, 1.807) is 6.21 Å². The third kappa shape index (κ3) is 3.62. The van der Waals surface area contributed by atoms with Crippen LogP contribution in [-0.2, 0) is 4.74 Å². The van der Waals surface area contributed by atoms with Crippen molar-refractivity contribution in [3.05, 3.63) is 51.5 Å². The van der Waals surface area contributed by atoms with E-state index in [1.807, 2.05) is 32.0 Å². The van der Waals surface area contributed by atoms with E-state index >= 15 is 0 Å². The van der Waals surface area contributed by atoms with Gasteiger partial charge in [-0.25, -0.2) is 0 Å². The Morgan fingerprint density at radius 1 is 1.17 bits per heavy atom. The summed E-state index contributed by atoms with van der Waals surface area (Å²) in [6, 6.07) is 10.1. The molecule has 0 aliphatic carbocycles. The number of aliphatic imine (C=N–C) groups is 1. The molecule has 5 heteroatoms. The number of hydrogen-bond donors (Lipinski definition) is 1. The standard InChI is InChI=1S/C19H21BrN2O2/c1-13-11-15(19(23)18(20)14(13)2)12-21-16-3-5-17(6-4-16)22-7-9-24-10-8-22/h3-6,11-12,23H,7-10H2,1-2H3. The molecular weight excluding hydrogens is 368 g/mol. The van der Waals surface area contributed by atoms with Crippen molar-refractivity contribution in [3.8, 4) is 5.75 Å². The van der Waals surface area contributed by atoms with E-state index in [0.29, 0.717) is 5.56 Å². The second-order valence-corrected chi connectivity index (χ2v) is 6.74. The molecule has 126 valence electrons. The molecule has 0 radical (unpaired) electrons. The summed E-state index contributed by atoms with van der Waals surface area (Å²) in [6.45, 7) is 7.40. The first-order chi connectivity index (χ1) is 11.6. The number of morpholine rings is 1. The van der Waals surface area contributed by atoms with Crippen LogP contribution in [0.15, 0.2) is 39.8 Å². The second kappa shape index (κ2) is 7.36. The zero-order valence-corrected chi connectivity index (χ0v) is 15.5. The number of rotatable bonds is 3. The van der Waals surface area contributed by atoms with Gasteiger partial charge in [0.15, 0.2) is 0 Å². The lowest BCUT2D eigenvalue weighted by Crippen LogP contribution is -2.36. The van der Waals surface area contributed by atoms with Crippen LogP contribution in [0.2, 0.25) is 0 Å². The summed E-state index contributed by atoms with van der Waals surface area (Å²) in [6.07, 6.45) is 1.70. The van der Waals surface area contributed by atoms with Crippen molar-refractivity contribution in [2.24, 2.45) is 4.99 Å². The maximum Gasteiger partial charge on any atom is 0.138 e. The minimum Gasteiger partial charge on any atom is -0.506 e. The summed E-state index contributed by atoms with van der Waals surface area (Å²) in [7, 11) is 0. The molecule has 0 atom stereocenters. The highest BCUT2D eigenvalue weighted by Gasteiger charge is 2.11. The zero-order valence-electron chi connectivity index (χ0n) is 13.9. The molecule has 24 heavy (non-hydrogen) atoms. The highest BCUT2D eigenvalue weighted by Crippen LogP contribution is 2.32. The number of ether oxygens (including phenoxy) is 1. The van der Waals surface area contributed by atoms with E-state index in [9.17, 15) is 5.11 Å². The Morgan fingerprint density at radius 2 is 1.83 bits per heavy atom. The molecular formula is C19H21BrN2O2. The highest BCUT2D eigenvalue weighted by atomic mass is 79.9. The molecule has 2 aromatic carbocycles. The van der Waals surface area contributed by atoms with Gasteiger partial charge in [-0.3, -0.25) is 4.99 Å². The number of aromatic hydroxyl groups is 1. The molecule has 1 heterocycles. The Balaban J connectivity index is 1.77. The first-order valence-corrected chi connectivity index (χ1v) is 8.81. The van der Waals surface area contributed by atoms with Crippen LogP contribution in [0.5, 0.6) is 5.75 Å². The van der Waals surface area contributed by atoms with Gasteiger partial charge in [-0.2, -0.15) is 0 Å². The van der Waals surface area contributed by atoms with Crippen molar-refractivity contribution in [2.75, 3.05) is 31.2 Å². The maximum absolute atomic E-state index is 10.2. The summed E-state index contributed by atoms with van der Waals surface area (Å²) < 4.78 is 6.11. The van der Waals surface area contributed by atoms with Crippen molar-refractivity contribution in [1.29, 1.82) is 0 Å². The number of anilines is 1. The van der Waals surface area contributed by atoms with Crippen LogP contribution < -0.4 is 4.90 Å². The number of phenols is 1. The van der Waals surface area contributed by atoms with Crippen molar-refractivity contribution in [2.45, 2.75) is 13.8 Å². The molecule has 2 aromatic rings. The molecule has 4 nitrogen and oxygen atoms in total. The fraction of sp³-hybridized carbons (Fsp3) is 0.316. The molecule has 0 spiro atoms. The van der Waals surface area contributed by atoms with Gasteiger partial charge >= 0.3 is 0 Å². The molecule has 1 N–H and O–H groups in total. The Labute approximate surface area is 150 Å². The fourth-order valence-corrected chi connectivity index (χ4v) is 3.24. The Bertz CT molecular complexity index is 751. The van der Waals surface area contributed by atoms with Crippen LogP contribution >= 0.6 is 15.9 Å². The number of hydrogen-bond acceptors (Lipinski definition) is 4. The van der Waals surface area contributed by atoms with Gasteiger partial charge in [-0.1, -0.05) is 0 Å². The molecule has 3 rings (SSSR count). The van der Waals surface area contributed by atoms with Gasteiger partial charge in [0, 0.05) is 30.6 Å². The van der Waals surface area contributed by atoms with E-state index in [0.717, 1.165) is 47.6 Å². The van der Waals surface area contributed by atoms with Crippen molar-refractivity contribution in [3.63, 3.8) is 0 Å². The quantitative estimate of drug-likeness (QED) is 0.794. The molecule has 1 saturated heterocycles. The van der Waals surface area contributed by atoms with Gasteiger partial charge in [-0.05, 0) is 71.2 Å².